The SMILES string of the molecule is CCNC(=O)CCNS(=O)(=O)c1ccccc1CN. The fourth-order valence-corrected chi connectivity index (χ4v) is 2.88. The summed E-state index contributed by atoms with van der Waals surface area (Å²) in [7, 11) is -3.62. The van der Waals surface area contributed by atoms with Crippen LogP contribution < -0.4 is 15.8 Å². The minimum atomic E-state index is -3.62. The molecule has 0 aliphatic rings. The van der Waals surface area contributed by atoms with E-state index in [1.54, 1.807) is 25.1 Å². The Bertz CT molecular complexity index is 529. The van der Waals surface area contributed by atoms with Crippen LogP contribution >= 0.6 is 0 Å². The van der Waals surface area contributed by atoms with Gasteiger partial charge in [-0.25, -0.2) is 13.1 Å². The largest absolute Gasteiger partial charge is 0.356 e. The van der Waals surface area contributed by atoms with Gasteiger partial charge in [0, 0.05) is 26.1 Å². The van der Waals surface area contributed by atoms with Gasteiger partial charge in [-0.3, -0.25) is 4.79 Å². The van der Waals surface area contributed by atoms with E-state index in [0.717, 1.165) is 0 Å². The fourth-order valence-electron chi connectivity index (χ4n) is 1.60. The molecule has 0 saturated carbocycles. The highest BCUT2D eigenvalue weighted by Gasteiger charge is 2.17. The molecule has 7 heteroatoms. The molecule has 19 heavy (non-hydrogen) atoms. The van der Waals surface area contributed by atoms with Crippen LogP contribution in [0.15, 0.2) is 29.2 Å². The molecule has 6 nitrogen and oxygen atoms in total. The Hall–Kier alpha value is -1.44. The van der Waals surface area contributed by atoms with Gasteiger partial charge in [-0.15, -0.1) is 0 Å². The van der Waals surface area contributed by atoms with E-state index < -0.39 is 10.0 Å². The quantitative estimate of drug-likeness (QED) is 0.653. The van der Waals surface area contributed by atoms with Crippen molar-refractivity contribution in [1.29, 1.82) is 0 Å². The van der Waals surface area contributed by atoms with Crippen LogP contribution in [0.1, 0.15) is 18.9 Å². The van der Waals surface area contributed by atoms with Gasteiger partial charge in [0.2, 0.25) is 15.9 Å². The zero-order chi connectivity index (χ0) is 14.3. The lowest BCUT2D eigenvalue weighted by molar-refractivity contribution is -0.120. The Morgan fingerprint density at radius 3 is 2.63 bits per heavy atom. The molecular formula is C12H19N3O3S. The van der Waals surface area contributed by atoms with Crippen LogP contribution in [0, 0.1) is 0 Å². The van der Waals surface area contributed by atoms with Crippen LogP contribution in [-0.4, -0.2) is 27.4 Å². The molecule has 0 spiro atoms. The minimum absolute atomic E-state index is 0.0626. The molecule has 4 N–H and O–H groups in total. The lowest BCUT2D eigenvalue weighted by atomic mass is 10.2. The van der Waals surface area contributed by atoms with E-state index in [1.165, 1.54) is 6.07 Å². The summed E-state index contributed by atoms with van der Waals surface area (Å²) in [5, 5.41) is 2.60. The number of benzene rings is 1. The predicted octanol–water partition coefficient (Wildman–Crippen LogP) is -0.0502. The number of sulfonamides is 1. The summed E-state index contributed by atoms with van der Waals surface area (Å²) >= 11 is 0. The first-order valence-electron chi connectivity index (χ1n) is 6.05. The average Bonchev–Trinajstić information content (AvgIpc) is 2.38. The lowest BCUT2D eigenvalue weighted by Gasteiger charge is -2.10. The lowest BCUT2D eigenvalue weighted by Crippen LogP contribution is -2.31. The monoisotopic (exact) mass is 285 g/mol. The summed E-state index contributed by atoms with van der Waals surface area (Å²) in [4.78, 5) is 11.4. The van der Waals surface area contributed by atoms with Gasteiger partial charge < -0.3 is 11.1 Å². The maximum atomic E-state index is 12.1. The van der Waals surface area contributed by atoms with Crippen LogP contribution in [0.5, 0.6) is 0 Å². The van der Waals surface area contributed by atoms with Gasteiger partial charge in [-0.05, 0) is 18.6 Å². The Morgan fingerprint density at radius 1 is 1.32 bits per heavy atom. The zero-order valence-electron chi connectivity index (χ0n) is 10.8. The van der Waals surface area contributed by atoms with Crippen molar-refractivity contribution in [2.45, 2.75) is 24.8 Å². The summed E-state index contributed by atoms with van der Waals surface area (Å²) < 4.78 is 26.5. The molecule has 0 unspecified atom stereocenters. The highest BCUT2D eigenvalue weighted by atomic mass is 32.2. The van der Waals surface area contributed by atoms with Crippen LogP contribution in [-0.2, 0) is 21.4 Å². The second kappa shape index (κ2) is 7.22. The maximum Gasteiger partial charge on any atom is 0.240 e. The summed E-state index contributed by atoms with van der Waals surface area (Å²) in [6.45, 7) is 2.54. The van der Waals surface area contributed by atoms with E-state index in [2.05, 4.69) is 10.0 Å². The molecule has 1 aromatic rings. The third-order valence-electron chi connectivity index (χ3n) is 2.50. The summed E-state index contributed by atoms with van der Waals surface area (Å²) in [6.07, 6.45) is 0.109. The van der Waals surface area contributed by atoms with Gasteiger partial charge in [0.15, 0.2) is 0 Å². The number of nitrogens with two attached hydrogens (primary N) is 1. The first-order chi connectivity index (χ1) is 9.01. The summed E-state index contributed by atoms with van der Waals surface area (Å²) in [5.41, 5.74) is 6.06. The number of carbonyl (C=O) groups excluding carboxylic acids is 1. The number of nitrogens with one attached hydrogen (secondary N) is 2. The van der Waals surface area contributed by atoms with Crippen molar-refractivity contribution >= 4 is 15.9 Å². The second-order valence-electron chi connectivity index (χ2n) is 3.91. The van der Waals surface area contributed by atoms with Crippen molar-refractivity contribution < 1.29 is 13.2 Å². The molecule has 0 aliphatic heterocycles. The molecule has 0 saturated heterocycles. The Balaban J connectivity index is 2.68. The van der Waals surface area contributed by atoms with Crippen LogP contribution in [0.25, 0.3) is 0 Å². The normalized spacial score (nSPS) is 11.3. The molecule has 1 aromatic carbocycles. The van der Waals surface area contributed by atoms with Crippen molar-refractivity contribution in [1.82, 2.24) is 10.0 Å². The number of hydrogen-bond acceptors (Lipinski definition) is 4. The Morgan fingerprint density at radius 2 is 2.00 bits per heavy atom. The minimum Gasteiger partial charge on any atom is -0.356 e. The molecule has 1 amide bonds. The third-order valence-corrected chi connectivity index (χ3v) is 4.06. The number of rotatable bonds is 7. The number of amides is 1. The number of carbonyl (C=O) groups is 1. The Kier molecular flexibility index (Phi) is 5.94. The van der Waals surface area contributed by atoms with E-state index in [0.29, 0.717) is 12.1 Å². The van der Waals surface area contributed by atoms with Crippen LogP contribution in [0.3, 0.4) is 0 Å². The fraction of sp³-hybridized carbons (Fsp3) is 0.417. The predicted molar refractivity (Wildman–Crippen MR) is 72.8 cm³/mol. The molecule has 0 atom stereocenters. The first-order valence-corrected chi connectivity index (χ1v) is 7.54. The topological polar surface area (TPSA) is 101 Å². The highest BCUT2D eigenvalue weighted by molar-refractivity contribution is 7.89. The zero-order valence-corrected chi connectivity index (χ0v) is 11.7. The Labute approximate surface area is 113 Å². The highest BCUT2D eigenvalue weighted by Crippen LogP contribution is 2.14. The van der Waals surface area contributed by atoms with Gasteiger partial charge in [0.25, 0.3) is 0 Å². The van der Waals surface area contributed by atoms with Gasteiger partial charge in [0.05, 0.1) is 4.90 Å². The van der Waals surface area contributed by atoms with Crippen molar-refractivity contribution in [3.63, 3.8) is 0 Å². The summed E-state index contributed by atoms with van der Waals surface area (Å²) in [6, 6.07) is 6.53. The summed E-state index contributed by atoms with van der Waals surface area (Å²) in [5.74, 6) is -0.183. The number of hydrogen-bond donors (Lipinski definition) is 3. The maximum absolute atomic E-state index is 12.1. The molecule has 0 aromatic heterocycles. The molecule has 1 rings (SSSR count). The molecular weight excluding hydrogens is 266 g/mol. The molecule has 0 aliphatic carbocycles. The van der Waals surface area contributed by atoms with Gasteiger partial charge in [0.1, 0.15) is 0 Å². The molecule has 0 heterocycles. The van der Waals surface area contributed by atoms with Crippen LogP contribution in [0.2, 0.25) is 0 Å². The van der Waals surface area contributed by atoms with Crippen LogP contribution in [0.4, 0.5) is 0 Å². The van der Waals surface area contributed by atoms with Crippen molar-refractivity contribution in [3.05, 3.63) is 29.8 Å². The van der Waals surface area contributed by atoms with Crippen molar-refractivity contribution in [3.8, 4) is 0 Å². The van der Waals surface area contributed by atoms with E-state index in [4.69, 9.17) is 5.73 Å². The smallest absolute Gasteiger partial charge is 0.240 e. The van der Waals surface area contributed by atoms with E-state index in [9.17, 15) is 13.2 Å². The first kappa shape index (κ1) is 15.6. The van der Waals surface area contributed by atoms with Gasteiger partial charge in [-0.1, -0.05) is 18.2 Å². The average molecular weight is 285 g/mol. The third kappa shape index (κ3) is 4.62. The van der Waals surface area contributed by atoms with Gasteiger partial charge >= 0.3 is 0 Å². The molecule has 106 valence electrons. The van der Waals surface area contributed by atoms with E-state index >= 15 is 0 Å². The van der Waals surface area contributed by atoms with Crippen molar-refractivity contribution in [2.24, 2.45) is 5.73 Å². The van der Waals surface area contributed by atoms with Gasteiger partial charge in [-0.2, -0.15) is 0 Å². The molecule has 0 fully saturated rings. The second-order valence-corrected chi connectivity index (χ2v) is 5.65. The van der Waals surface area contributed by atoms with E-state index in [-0.39, 0.29) is 30.3 Å². The molecule has 0 bridgehead atoms. The molecule has 0 radical (unpaired) electrons. The van der Waals surface area contributed by atoms with Crippen molar-refractivity contribution in [2.75, 3.05) is 13.1 Å². The standard InChI is InChI=1S/C12H19N3O3S/c1-2-14-12(16)7-8-15-19(17,18)11-6-4-3-5-10(11)9-13/h3-6,15H,2,7-9,13H2,1H3,(H,14,16). The van der Waals surface area contributed by atoms with E-state index in [1.807, 2.05) is 0 Å².